The van der Waals surface area contributed by atoms with Gasteiger partial charge in [-0.2, -0.15) is 0 Å². The third kappa shape index (κ3) is 7.52. The van der Waals surface area contributed by atoms with Crippen LogP contribution in [-0.2, 0) is 9.59 Å². The summed E-state index contributed by atoms with van der Waals surface area (Å²) in [6, 6.07) is 9.11. The van der Waals surface area contributed by atoms with Crippen molar-refractivity contribution in [3.05, 3.63) is 30.3 Å². The highest BCUT2D eigenvalue weighted by Gasteiger charge is 2.28. The molecular formula is C23H34N4O2S. The van der Waals surface area contributed by atoms with Crippen LogP contribution in [0.5, 0.6) is 0 Å². The highest BCUT2D eigenvalue weighted by molar-refractivity contribution is 7.18. The van der Waals surface area contributed by atoms with Gasteiger partial charge in [-0.05, 0) is 23.7 Å². The Labute approximate surface area is 183 Å². The van der Waals surface area contributed by atoms with Gasteiger partial charge in [-0.15, -0.1) is 10.2 Å². The Bertz CT molecular complexity index is 829. The highest BCUT2D eigenvalue weighted by Crippen LogP contribution is 2.27. The van der Waals surface area contributed by atoms with Crippen LogP contribution in [-0.4, -0.2) is 28.1 Å². The molecule has 1 aromatic heterocycles. The smallest absolute Gasteiger partial charge is 0.249 e. The molecule has 1 heterocycles. The van der Waals surface area contributed by atoms with Crippen LogP contribution < -0.4 is 10.6 Å². The van der Waals surface area contributed by atoms with Crippen LogP contribution in [0, 0.1) is 17.3 Å². The van der Waals surface area contributed by atoms with Gasteiger partial charge in [-0.1, -0.05) is 89.6 Å². The lowest BCUT2D eigenvalue weighted by atomic mass is 9.84. The van der Waals surface area contributed by atoms with E-state index in [4.69, 9.17) is 0 Å². The molecule has 0 saturated carbocycles. The maximum atomic E-state index is 12.9. The molecule has 0 spiro atoms. The van der Waals surface area contributed by atoms with Crippen LogP contribution in [0.1, 0.15) is 60.8 Å². The summed E-state index contributed by atoms with van der Waals surface area (Å²) in [5.41, 5.74) is 1.12. The standard InChI is InChI=1S/C23H34N4O2S/c1-7-16(3)19(24-18(28)13-15(2)14-23(4,5)6)20(29)25-22-27-26-21(30-22)17-11-9-8-10-12-17/h8-12,15-16,19H,7,13-14H2,1-6H3,(H,24,28)(H,25,27,29)/t15-,16-,19+/m1/s1. The van der Waals surface area contributed by atoms with Gasteiger partial charge in [0.15, 0.2) is 0 Å². The Morgan fingerprint density at radius 3 is 2.37 bits per heavy atom. The zero-order valence-corrected chi connectivity index (χ0v) is 19.7. The van der Waals surface area contributed by atoms with E-state index in [0.717, 1.165) is 23.4 Å². The van der Waals surface area contributed by atoms with Crippen molar-refractivity contribution < 1.29 is 9.59 Å². The molecule has 0 unspecified atom stereocenters. The number of hydrogen-bond acceptors (Lipinski definition) is 5. The van der Waals surface area contributed by atoms with Gasteiger partial charge in [0.05, 0.1) is 0 Å². The second-order valence-corrected chi connectivity index (χ2v) is 10.2. The van der Waals surface area contributed by atoms with Crippen molar-refractivity contribution >= 4 is 28.3 Å². The minimum absolute atomic E-state index is 0.00777. The molecule has 0 saturated heterocycles. The Morgan fingerprint density at radius 1 is 1.10 bits per heavy atom. The summed E-state index contributed by atoms with van der Waals surface area (Å²) in [4.78, 5) is 25.5. The molecule has 30 heavy (non-hydrogen) atoms. The van der Waals surface area contributed by atoms with Gasteiger partial charge in [0.25, 0.3) is 0 Å². The Kier molecular flexibility index (Phi) is 8.53. The Balaban J connectivity index is 2.02. The maximum absolute atomic E-state index is 12.9. The number of anilines is 1. The number of amides is 2. The van der Waals surface area contributed by atoms with E-state index in [9.17, 15) is 9.59 Å². The van der Waals surface area contributed by atoms with E-state index < -0.39 is 6.04 Å². The molecule has 6 nitrogen and oxygen atoms in total. The van der Waals surface area contributed by atoms with Gasteiger partial charge in [0.2, 0.25) is 16.9 Å². The maximum Gasteiger partial charge on any atom is 0.249 e. The Morgan fingerprint density at radius 2 is 1.77 bits per heavy atom. The van der Waals surface area contributed by atoms with Crippen molar-refractivity contribution in [2.45, 2.75) is 66.8 Å². The number of rotatable bonds is 9. The molecule has 2 aromatic rings. The predicted octanol–water partition coefficient (Wildman–Crippen LogP) is 5.14. The highest BCUT2D eigenvalue weighted by atomic mass is 32.1. The van der Waals surface area contributed by atoms with Gasteiger partial charge < -0.3 is 5.32 Å². The molecule has 2 N–H and O–H groups in total. The van der Waals surface area contributed by atoms with Crippen molar-refractivity contribution in [1.29, 1.82) is 0 Å². The number of aromatic nitrogens is 2. The monoisotopic (exact) mass is 430 g/mol. The molecule has 0 aliphatic rings. The summed E-state index contributed by atoms with van der Waals surface area (Å²) < 4.78 is 0. The molecule has 0 radical (unpaired) electrons. The fourth-order valence-electron chi connectivity index (χ4n) is 3.52. The Hall–Kier alpha value is -2.28. The van der Waals surface area contributed by atoms with Crippen LogP contribution in [0.2, 0.25) is 0 Å². The van der Waals surface area contributed by atoms with Crippen LogP contribution in [0.3, 0.4) is 0 Å². The average Bonchev–Trinajstić information content (AvgIpc) is 3.13. The molecule has 1 aromatic carbocycles. The first-order chi connectivity index (χ1) is 14.1. The van der Waals surface area contributed by atoms with Gasteiger partial charge in [-0.25, -0.2) is 0 Å². The molecule has 3 atom stereocenters. The third-order valence-electron chi connectivity index (χ3n) is 4.98. The molecular weight excluding hydrogens is 396 g/mol. The first-order valence-electron chi connectivity index (χ1n) is 10.6. The lowest BCUT2D eigenvalue weighted by molar-refractivity contribution is -0.128. The van der Waals surface area contributed by atoms with Crippen molar-refractivity contribution in [2.75, 3.05) is 5.32 Å². The quantitative estimate of drug-likeness (QED) is 0.577. The van der Waals surface area contributed by atoms with Crippen LogP contribution in [0.25, 0.3) is 10.6 Å². The second kappa shape index (κ2) is 10.7. The van der Waals surface area contributed by atoms with E-state index in [1.54, 1.807) is 0 Å². The predicted molar refractivity (Wildman–Crippen MR) is 123 cm³/mol. The summed E-state index contributed by atoms with van der Waals surface area (Å²) in [5.74, 6) is -0.0815. The molecule has 0 fully saturated rings. The number of carbonyl (C=O) groups is 2. The number of carbonyl (C=O) groups excluding carboxylic acids is 2. The average molecular weight is 431 g/mol. The van der Waals surface area contributed by atoms with Gasteiger partial charge in [0.1, 0.15) is 11.0 Å². The van der Waals surface area contributed by atoms with Crippen molar-refractivity contribution in [1.82, 2.24) is 15.5 Å². The summed E-state index contributed by atoms with van der Waals surface area (Å²) in [6.45, 7) is 12.6. The largest absolute Gasteiger partial charge is 0.344 e. The lowest BCUT2D eigenvalue weighted by Gasteiger charge is -2.26. The van der Waals surface area contributed by atoms with Crippen molar-refractivity contribution in [3.8, 4) is 10.6 Å². The SMILES string of the molecule is CC[C@@H](C)[C@H](NC(=O)C[C@@H](C)CC(C)(C)C)C(=O)Nc1nnc(-c2ccccc2)s1. The second-order valence-electron chi connectivity index (χ2n) is 9.27. The first-order valence-corrected chi connectivity index (χ1v) is 11.4. The summed E-state index contributed by atoms with van der Waals surface area (Å²) >= 11 is 1.32. The minimum Gasteiger partial charge on any atom is -0.344 e. The number of nitrogens with one attached hydrogen (secondary N) is 2. The molecule has 7 heteroatoms. The fourth-order valence-corrected chi connectivity index (χ4v) is 4.27. The normalized spacial score (nSPS) is 14.6. The number of nitrogens with zero attached hydrogens (tertiary/aromatic N) is 2. The van der Waals surface area contributed by atoms with Crippen LogP contribution in [0.15, 0.2) is 30.3 Å². The van der Waals surface area contributed by atoms with Crippen LogP contribution >= 0.6 is 11.3 Å². The molecule has 0 aliphatic heterocycles. The first kappa shape index (κ1) is 24.0. The van der Waals surface area contributed by atoms with Gasteiger partial charge in [-0.3, -0.25) is 14.9 Å². The molecule has 164 valence electrons. The zero-order chi connectivity index (χ0) is 22.3. The zero-order valence-electron chi connectivity index (χ0n) is 18.9. The van der Waals surface area contributed by atoms with E-state index in [1.807, 2.05) is 44.2 Å². The number of hydrogen-bond donors (Lipinski definition) is 2. The van der Waals surface area contributed by atoms with Gasteiger partial charge in [0, 0.05) is 12.0 Å². The van der Waals surface area contributed by atoms with E-state index in [1.165, 1.54) is 11.3 Å². The molecule has 2 amide bonds. The molecule has 0 aliphatic carbocycles. The van der Waals surface area contributed by atoms with Crippen LogP contribution in [0.4, 0.5) is 5.13 Å². The third-order valence-corrected chi connectivity index (χ3v) is 5.87. The topological polar surface area (TPSA) is 84.0 Å². The summed E-state index contributed by atoms with van der Waals surface area (Å²) in [6.07, 6.45) is 2.14. The van der Waals surface area contributed by atoms with E-state index in [2.05, 4.69) is 48.5 Å². The molecule has 2 rings (SSSR count). The number of benzene rings is 1. The van der Waals surface area contributed by atoms with E-state index >= 15 is 0 Å². The summed E-state index contributed by atoms with van der Waals surface area (Å²) in [7, 11) is 0. The van der Waals surface area contributed by atoms with E-state index in [-0.39, 0.29) is 29.1 Å². The van der Waals surface area contributed by atoms with Crippen molar-refractivity contribution in [2.24, 2.45) is 17.3 Å². The van der Waals surface area contributed by atoms with Crippen molar-refractivity contribution in [3.63, 3.8) is 0 Å². The van der Waals surface area contributed by atoms with E-state index in [0.29, 0.717) is 11.6 Å². The summed E-state index contributed by atoms with van der Waals surface area (Å²) in [5, 5.41) is 15.2. The minimum atomic E-state index is -0.603. The molecule has 0 bridgehead atoms. The van der Waals surface area contributed by atoms with Gasteiger partial charge >= 0.3 is 0 Å². The fraction of sp³-hybridized carbons (Fsp3) is 0.565. The lowest BCUT2D eigenvalue weighted by Crippen LogP contribution is -2.48.